The quantitative estimate of drug-likeness (QED) is 0.666. The molecule has 0 atom stereocenters. The SMILES string of the molecule is FC(F)F.I.c1ccc2ncccc2c1. The lowest BCUT2D eigenvalue weighted by molar-refractivity contribution is 0.00819. The Morgan fingerprint density at radius 2 is 1.47 bits per heavy atom. The summed E-state index contributed by atoms with van der Waals surface area (Å²) in [5.41, 5.74) is 1.06. The van der Waals surface area contributed by atoms with Gasteiger partial charge in [-0.25, -0.2) is 0 Å². The van der Waals surface area contributed by atoms with Crippen LogP contribution < -0.4 is 0 Å². The van der Waals surface area contributed by atoms with Gasteiger partial charge < -0.3 is 0 Å². The number of fused-ring (bicyclic) bond motifs is 1. The minimum atomic E-state index is -3.67. The minimum Gasteiger partial charge on any atom is -0.256 e. The van der Waals surface area contributed by atoms with Gasteiger partial charge in [0.1, 0.15) is 0 Å². The van der Waals surface area contributed by atoms with E-state index in [1.807, 2.05) is 30.5 Å². The fraction of sp³-hybridized carbons (Fsp3) is 0.100. The molecular weight excluding hydrogens is 318 g/mol. The fourth-order valence-corrected chi connectivity index (χ4v) is 1.02. The molecule has 1 heterocycles. The lowest BCUT2D eigenvalue weighted by Crippen LogP contribution is -1.73. The second-order valence-electron chi connectivity index (χ2n) is 2.44. The van der Waals surface area contributed by atoms with Crippen molar-refractivity contribution < 1.29 is 13.2 Å². The molecule has 0 saturated carbocycles. The number of halogens is 4. The number of benzene rings is 1. The summed E-state index contributed by atoms with van der Waals surface area (Å²) in [4.78, 5) is 4.18. The summed E-state index contributed by atoms with van der Waals surface area (Å²) >= 11 is 0. The molecule has 1 nitrogen and oxygen atoms in total. The highest BCUT2D eigenvalue weighted by Gasteiger charge is 1.87. The van der Waals surface area contributed by atoms with Crippen LogP contribution in [0.25, 0.3) is 10.9 Å². The third kappa shape index (κ3) is 5.56. The monoisotopic (exact) mass is 327 g/mol. The van der Waals surface area contributed by atoms with Crippen molar-refractivity contribution in [1.29, 1.82) is 0 Å². The molecule has 1 aromatic heterocycles. The molecule has 0 spiro atoms. The van der Waals surface area contributed by atoms with E-state index >= 15 is 0 Å². The van der Waals surface area contributed by atoms with E-state index in [1.165, 1.54) is 5.39 Å². The smallest absolute Gasteiger partial charge is 0.256 e. The highest BCUT2D eigenvalue weighted by Crippen LogP contribution is 2.07. The zero-order chi connectivity index (χ0) is 10.4. The first-order valence-corrected chi connectivity index (χ1v) is 3.92. The normalized spacial score (nSPS) is 9.07. The largest absolute Gasteiger partial charge is 0.379 e. The molecule has 15 heavy (non-hydrogen) atoms. The standard InChI is InChI=1S/C9H7N.CHF3.HI/c1-2-6-9-8(4-1)5-3-7-10-9;2-1(3)4;/h1-7H;1H;1H. The van der Waals surface area contributed by atoms with Crippen molar-refractivity contribution in [3.8, 4) is 0 Å². The molecule has 0 N–H and O–H groups in total. The number of aromatic nitrogens is 1. The van der Waals surface area contributed by atoms with Gasteiger partial charge >= 0.3 is 6.68 Å². The van der Waals surface area contributed by atoms with Crippen LogP contribution in [0.5, 0.6) is 0 Å². The van der Waals surface area contributed by atoms with Gasteiger partial charge in [0, 0.05) is 11.6 Å². The van der Waals surface area contributed by atoms with E-state index in [0.29, 0.717) is 0 Å². The molecule has 5 heteroatoms. The van der Waals surface area contributed by atoms with Crippen molar-refractivity contribution in [3.63, 3.8) is 0 Å². The average molecular weight is 327 g/mol. The molecule has 0 radical (unpaired) electrons. The number of pyridine rings is 1. The number of hydrogen-bond donors (Lipinski definition) is 0. The molecular formula is C10H9F3IN. The molecule has 0 bridgehead atoms. The second kappa shape index (κ2) is 7.44. The van der Waals surface area contributed by atoms with Crippen LogP contribution in [0.1, 0.15) is 0 Å². The van der Waals surface area contributed by atoms with Gasteiger partial charge in [0.25, 0.3) is 0 Å². The molecule has 0 saturated heterocycles. The predicted octanol–water partition coefficient (Wildman–Crippen LogP) is 4.03. The van der Waals surface area contributed by atoms with Crippen LogP contribution in [0.2, 0.25) is 0 Å². The van der Waals surface area contributed by atoms with Crippen LogP contribution in [-0.2, 0) is 0 Å². The molecule has 82 valence electrons. The first-order valence-electron chi connectivity index (χ1n) is 3.92. The number of para-hydroxylation sites is 1. The summed E-state index contributed by atoms with van der Waals surface area (Å²) in [6, 6.07) is 12.1. The van der Waals surface area contributed by atoms with Crippen LogP contribution >= 0.6 is 24.0 Å². The third-order valence-electron chi connectivity index (χ3n) is 1.51. The Balaban J connectivity index is 0.000000346. The summed E-state index contributed by atoms with van der Waals surface area (Å²) in [5, 5.41) is 1.20. The molecule has 0 aliphatic rings. The number of hydrogen-bond acceptors (Lipinski definition) is 1. The molecule has 0 amide bonds. The lowest BCUT2D eigenvalue weighted by atomic mass is 10.2. The molecule has 2 aromatic rings. The van der Waals surface area contributed by atoms with Crippen molar-refractivity contribution in [2.24, 2.45) is 0 Å². The molecule has 1 aromatic carbocycles. The Kier molecular flexibility index (Phi) is 7.02. The van der Waals surface area contributed by atoms with E-state index in [9.17, 15) is 13.2 Å². The number of nitrogens with zero attached hydrogens (tertiary/aromatic N) is 1. The van der Waals surface area contributed by atoms with Crippen LogP contribution in [0.15, 0.2) is 42.6 Å². The topological polar surface area (TPSA) is 12.9 Å². The zero-order valence-corrected chi connectivity index (χ0v) is 9.94. The first-order chi connectivity index (χ1) is 6.70. The Hall–Kier alpha value is -0.850. The van der Waals surface area contributed by atoms with Crippen LogP contribution in [-0.4, -0.2) is 11.7 Å². The Bertz CT molecular complexity index is 327. The van der Waals surface area contributed by atoms with E-state index in [2.05, 4.69) is 17.1 Å². The summed E-state index contributed by atoms with van der Waals surface area (Å²) in [6.45, 7) is -3.67. The van der Waals surface area contributed by atoms with E-state index in [0.717, 1.165) is 5.52 Å². The molecule has 0 fully saturated rings. The van der Waals surface area contributed by atoms with Gasteiger partial charge in [-0.05, 0) is 12.1 Å². The average Bonchev–Trinajstić information content (AvgIpc) is 2.17. The van der Waals surface area contributed by atoms with E-state index in [1.54, 1.807) is 0 Å². The maximum atomic E-state index is 9.67. The van der Waals surface area contributed by atoms with Crippen molar-refractivity contribution in [3.05, 3.63) is 42.6 Å². The summed E-state index contributed by atoms with van der Waals surface area (Å²) < 4.78 is 29.0. The van der Waals surface area contributed by atoms with E-state index < -0.39 is 6.68 Å². The second-order valence-corrected chi connectivity index (χ2v) is 2.44. The van der Waals surface area contributed by atoms with Crippen molar-refractivity contribution in [2.45, 2.75) is 6.68 Å². The molecule has 0 aliphatic carbocycles. The first kappa shape index (κ1) is 14.2. The third-order valence-corrected chi connectivity index (χ3v) is 1.51. The lowest BCUT2D eigenvalue weighted by Gasteiger charge is -1.91. The Morgan fingerprint density at radius 1 is 0.933 bits per heavy atom. The summed E-state index contributed by atoms with van der Waals surface area (Å²) in [5.74, 6) is 0. The van der Waals surface area contributed by atoms with Crippen molar-refractivity contribution >= 4 is 34.9 Å². The Labute approximate surface area is 102 Å². The van der Waals surface area contributed by atoms with Gasteiger partial charge in [-0.1, -0.05) is 24.3 Å². The van der Waals surface area contributed by atoms with Gasteiger partial charge in [0.15, 0.2) is 0 Å². The fourth-order valence-electron chi connectivity index (χ4n) is 1.02. The Morgan fingerprint density at radius 3 is 2.07 bits per heavy atom. The van der Waals surface area contributed by atoms with E-state index in [4.69, 9.17) is 0 Å². The minimum absolute atomic E-state index is 0. The van der Waals surface area contributed by atoms with Crippen LogP contribution in [0.3, 0.4) is 0 Å². The highest BCUT2D eigenvalue weighted by atomic mass is 127. The van der Waals surface area contributed by atoms with Gasteiger partial charge in [-0.15, -0.1) is 24.0 Å². The van der Waals surface area contributed by atoms with Gasteiger partial charge in [-0.2, -0.15) is 13.2 Å². The van der Waals surface area contributed by atoms with Gasteiger partial charge in [0.2, 0.25) is 0 Å². The highest BCUT2D eigenvalue weighted by molar-refractivity contribution is 14.0. The zero-order valence-electron chi connectivity index (χ0n) is 7.61. The maximum Gasteiger partial charge on any atom is 0.379 e. The van der Waals surface area contributed by atoms with Crippen LogP contribution in [0, 0.1) is 0 Å². The van der Waals surface area contributed by atoms with Crippen molar-refractivity contribution in [1.82, 2.24) is 4.98 Å². The van der Waals surface area contributed by atoms with E-state index in [-0.39, 0.29) is 24.0 Å². The number of rotatable bonds is 0. The predicted molar refractivity (Wildman–Crippen MR) is 64.3 cm³/mol. The molecule has 2 rings (SSSR count). The summed E-state index contributed by atoms with van der Waals surface area (Å²) in [7, 11) is 0. The van der Waals surface area contributed by atoms with Crippen LogP contribution in [0.4, 0.5) is 13.2 Å². The number of alkyl halides is 3. The summed E-state index contributed by atoms with van der Waals surface area (Å²) in [6.07, 6.45) is 1.81. The van der Waals surface area contributed by atoms with Crippen molar-refractivity contribution in [2.75, 3.05) is 0 Å². The maximum absolute atomic E-state index is 9.67. The van der Waals surface area contributed by atoms with Gasteiger partial charge in [-0.3, -0.25) is 4.98 Å². The van der Waals surface area contributed by atoms with Gasteiger partial charge in [0.05, 0.1) is 5.52 Å². The molecule has 0 unspecified atom stereocenters. The molecule has 0 aliphatic heterocycles.